The highest BCUT2D eigenvalue weighted by Crippen LogP contribution is 2.22. The van der Waals surface area contributed by atoms with Crippen LogP contribution in [0.25, 0.3) is 0 Å². The number of aryl methyl sites for hydroxylation is 2. The van der Waals surface area contributed by atoms with Gasteiger partial charge in [0, 0.05) is 12.7 Å². The molecule has 2 aromatic rings. The molecule has 1 aromatic carbocycles. The Balaban J connectivity index is 2.16. The van der Waals surface area contributed by atoms with E-state index in [-0.39, 0.29) is 0 Å². The molecule has 94 valence electrons. The van der Waals surface area contributed by atoms with Crippen molar-refractivity contribution in [1.82, 2.24) is 4.98 Å². The second kappa shape index (κ2) is 5.54. The molecule has 0 amide bonds. The molecule has 1 aromatic heterocycles. The van der Waals surface area contributed by atoms with Gasteiger partial charge in [0.2, 0.25) is 5.88 Å². The van der Waals surface area contributed by atoms with Gasteiger partial charge < -0.3 is 10.1 Å². The van der Waals surface area contributed by atoms with Crippen LogP contribution < -0.4 is 10.1 Å². The number of hydrogen-bond donors (Lipinski definition) is 1. The summed E-state index contributed by atoms with van der Waals surface area (Å²) >= 11 is 0. The summed E-state index contributed by atoms with van der Waals surface area (Å²) in [7, 11) is 1.63. The van der Waals surface area contributed by atoms with Crippen LogP contribution in [0.3, 0.4) is 0 Å². The Morgan fingerprint density at radius 1 is 1.11 bits per heavy atom. The molecule has 0 bridgehead atoms. The fourth-order valence-corrected chi connectivity index (χ4v) is 2.00. The Morgan fingerprint density at radius 3 is 2.50 bits per heavy atom. The van der Waals surface area contributed by atoms with E-state index >= 15 is 0 Å². The molecule has 0 saturated carbocycles. The fraction of sp³-hybridized carbons (Fsp3) is 0.267. The molecule has 0 spiro atoms. The van der Waals surface area contributed by atoms with Crippen LogP contribution in [0.4, 0.5) is 5.69 Å². The van der Waals surface area contributed by atoms with Crippen molar-refractivity contribution in [3.05, 3.63) is 53.2 Å². The maximum atomic E-state index is 5.22. The number of aromatic nitrogens is 1. The number of ether oxygens (including phenoxy) is 1. The monoisotopic (exact) mass is 242 g/mol. The van der Waals surface area contributed by atoms with Gasteiger partial charge in [-0.25, -0.2) is 4.98 Å². The van der Waals surface area contributed by atoms with E-state index in [1.54, 1.807) is 13.3 Å². The molecule has 1 heterocycles. The molecule has 0 aliphatic rings. The van der Waals surface area contributed by atoms with E-state index in [0.717, 1.165) is 12.2 Å². The third-order valence-corrected chi connectivity index (χ3v) is 3.06. The van der Waals surface area contributed by atoms with Crippen LogP contribution in [0.1, 0.15) is 16.7 Å². The van der Waals surface area contributed by atoms with Crippen molar-refractivity contribution in [2.45, 2.75) is 20.4 Å². The van der Waals surface area contributed by atoms with Gasteiger partial charge in [-0.05, 0) is 42.7 Å². The van der Waals surface area contributed by atoms with Crippen LogP contribution in [-0.4, -0.2) is 12.1 Å². The molecule has 3 heteroatoms. The number of pyridine rings is 1. The normalized spacial score (nSPS) is 10.2. The number of nitrogens with zero attached hydrogens (tertiary/aromatic N) is 1. The smallest absolute Gasteiger partial charge is 0.237 e. The van der Waals surface area contributed by atoms with Crippen molar-refractivity contribution < 1.29 is 4.74 Å². The summed E-state index contributed by atoms with van der Waals surface area (Å²) in [6.07, 6.45) is 1.73. The summed E-state index contributed by atoms with van der Waals surface area (Å²) in [5, 5.41) is 3.37. The van der Waals surface area contributed by atoms with Gasteiger partial charge in [0.25, 0.3) is 0 Å². The summed E-state index contributed by atoms with van der Waals surface area (Å²) < 4.78 is 5.22. The van der Waals surface area contributed by atoms with Gasteiger partial charge in [-0.3, -0.25) is 0 Å². The Labute approximate surface area is 108 Å². The van der Waals surface area contributed by atoms with Gasteiger partial charge in [0.1, 0.15) is 0 Å². The molecule has 0 fully saturated rings. The number of rotatable bonds is 4. The number of hydrogen-bond acceptors (Lipinski definition) is 3. The molecule has 0 saturated heterocycles. The van der Waals surface area contributed by atoms with Gasteiger partial charge in [-0.1, -0.05) is 18.2 Å². The number of nitrogens with one attached hydrogen (secondary N) is 1. The van der Waals surface area contributed by atoms with Crippen LogP contribution in [0.15, 0.2) is 36.5 Å². The first-order valence-electron chi connectivity index (χ1n) is 6.00. The lowest BCUT2D eigenvalue weighted by atomic mass is 10.0. The largest absolute Gasteiger partial charge is 0.480 e. The van der Waals surface area contributed by atoms with Crippen LogP contribution in [0.5, 0.6) is 5.88 Å². The first kappa shape index (κ1) is 12.4. The summed E-state index contributed by atoms with van der Waals surface area (Å²) in [5.74, 6) is 0.628. The van der Waals surface area contributed by atoms with Gasteiger partial charge >= 0.3 is 0 Å². The molecule has 1 N–H and O–H groups in total. The zero-order valence-corrected chi connectivity index (χ0v) is 11.0. The van der Waals surface area contributed by atoms with Crippen molar-refractivity contribution in [2.24, 2.45) is 0 Å². The zero-order valence-electron chi connectivity index (χ0n) is 11.0. The predicted octanol–water partition coefficient (Wildman–Crippen LogP) is 3.32. The number of benzene rings is 1. The topological polar surface area (TPSA) is 34.1 Å². The van der Waals surface area contributed by atoms with Crippen LogP contribution in [0.2, 0.25) is 0 Å². The van der Waals surface area contributed by atoms with Gasteiger partial charge in [-0.2, -0.15) is 0 Å². The molecule has 3 nitrogen and oxygen atoms in total. The second-order valence-corrected chi connectivity index (χ2v) is 4.28. The molecule has 18 heavy (non-hydrogen) atoms. The molecular formula is C15H18N2O. The highest BCUT2D eigenvalue weighted by Gasteiger charge is 2.05. The first-order valence-corrected chi connectivity index (χ1v) is 6.00. The Hall–Kier alpha value is -2.03. The highest BCUT2D eigenvalue weighted by atomic mass is 16.5. The van der Waals surface area contributed by atoms with Crippen molar-refractivity contribution in [3.8, 4) is 5.88 Å². The van der Waals surface area contributed by atoms with Gasteiger partial charge in [-0.15, -0.1) is 0 Å². The molecule has 0 radical (unpaired) electrons. The van der Waals surface area contributed by atoms with Crippen molar-refractivity contribution in [2.75, 3.05) is 12.4 Å². The van der Waals surface area contributed by atoms with Crippen molar-refractivity contribution >= 4 is 5.69 Å². The van der Waals surface area contributed by atoms with E-state index in [1.807, 2.05) is 12.1 Å². The van der Waals surface area contributed by atoms with E-state index < -0.39 is 0 Å². The molecule has 0 unspecified atom stereocenters. The van der Waals surface area contributed by atoms with Crippen LogP contribution in [0, 0.1) is 13.8 Å². The molecule has 0 aliphatic carbocycles. The maximum absolute atomic E-state index is 5.22. The SMILES string of the molecule is COc1ncccc1NCc1c(C)cccc1C. The third kappa shape index (κ3) is 2.62. The lowest BCUT2D eigenvalue weighted by Gasteiger charge is -2.13. The molecule has 0 atom stereocenters. The summed E-state index contributed by atoms with van der Waals surface area (Å²) in [4.78, 5) is 4.17. The van der Waals surface area contributed by atoms with Crippen molar-refractivity contribution in [3.63, 3.8) is 0 Å². The summed E-state index contributed by atoms with van der Waals surface area (Å²) in [6, 6.07) is 10.2. The standard InChI is InChI=1S/C15H18N2O/c1-11-6-4-7-12(2)13(11)10-17-14-8-5-9-16-15(14)18-3/h4-9,17H,10H2,1-3H3. The lowest BCUT2D eigenvalue weighted by molar-refractivity contribution is 0.399. The van der Waals surface area contributed by atoms with Gasteiger partial charge in [0.15, 0.2) is 0 Å². The molecule has 0 aliphatic heterocycles. The quantitative estimate of drug-likeness (QED) is 0.893. The number of anilines is 1. The number of methoxy groups -OCH3 is 1. The van der Waals surface area contributed by atoms with E-state index in [1.165, 1.54) is 16.7 Å². The van der Waals surface area contributed by atoms with Crippen LogP contribution >= 0.6 is 0 Å². The summed E-state index contributed by atoms with van der Waals surface area (Å²) in [6.45, 7) is 5.04. The van der Waals surface area contributed by atoms with E-state index in [9.17, 15) is 0 Å². The van der Waals surface area contributed by atoms with Crippen LogP contribution in [-0.2, 0) is 6.54 Å². The first-order chi connectivity index (χ1) is 8.72. The van der Waals surface area contributed by atoms with Crippen molar-refractivity contribution in [1.29, 1.82) is 0 Å². The Morgan fingerprint density at radius 2 is 1.83 bits per heavy atom. The van der Waals surface area contributed by atoms with E-state index in [2.05, 4.69) is 42.3 Å². The zero-order chi connectivity index (χ0) is 13.0. The second-order valence-electron chi connectivity index (χ2n) is 4.28. The van der Waals surface area contributed by atoms with Gasteiger partial charge in [0.05, 0.1) is 12.8 Å². The van der Waals surface area contributed by atoms with E-state index in [0.29, 0.717) is 5.88 Å². The predicted molar refractivity (Wildman–Crippen MR) is 74.0 cm³/mol. The average molecular weight is 242 g/mol. The maximum Gasteiger partial charge on any atom is 0.237 e. The minimum Gasteiger partial charge on any atom is -0.480 e. The molecule has 2 rings (SSSR count). The highest BCUT2D eigenvalue weighted by molar-refractivity contribution is 5.53. The lowest BCUT2D eigenvalue weighted by Crippen LogP contribution is -2.05. The average Bonchev–Trinajstić information content (AvgIpc) is 2.38. The molecular weight excluding hydrogens is 224 g/mol. The fourth-order valence-electron chi connectivity index (χ4n) is 2.00. The van der Waals surface area contributed by atoms with E-state index in [4.69, 9.17) is 4.74 Å². The third-order valence-electron chi connectivity index (χ3n) is 3.06. The minimum absolute atomic E-state index is 0.628. The Bertz CT molecular complexity index is 518. The minimum atomic E-state index is 0.628. The summed E-state index contributed by atoms with van der Waals surface area (Å²) in [5.41, 5.74) is 4.83. The Kier molecular flexibility index (Phi) is 3.82.